The molecule has 0 aliphatic rings. The Hall–Kier alpha value is -1.30. The van der Waals surface area contributed by atoms with Crippen LogP contribution in [-0.2, 0) is 6.42 Å². The number of benzene rings is 1. The Morgan fingerprint density at radius 2 is 2.11 bits per heavy atom. The molecular weight excluding hydrogens is 337 g/mol. The van der Waals surface area contributed by atoms with Gasteiger partial charge in [0.2, 0.25) is 0 Å². The van der Waals surface area contributed by atoms with Crippen LogP contribution in [0.3, 0.4) is 0 Å². The highest BCUT2D eigenvalue weighted by Crippen LogP contribution is 2.23. The first-order chi connectivity index (χ1) is 8.66. The molecular formula is C14H16IN3. The highest BCUT2D eigenvalue weighted by molar-refractivity contribution is 14.1. The number of anilines is 2. The van der Waals surface area contributed by atoms with Crippen molar-refractivity contribution in [1.82, 2.24) is 4.98 Å². The van der Waals surface area contributed by atoms with Crippen LogP contribution in [0.5, 0.6) is 0 Å². The third-order valence-electron chi connectivity index (χ3n) is 2.81. The summed E-state index contributed by atoms with van der Waals surface area (Å²) in [7, 11) is 2.09. The predicted octanol–water partition coefficient (Wildman–Crippen LogP) is 2.95. The summed E-state index contributed by atoms with van der Waals surface area (Å²) in [5.41, 5.74) is 8.90. The third kappa shape index (κ3) is 3.35. The van der Waals surface area contributed by atoms with Crippen molar-refractivity contribution in [3.05, 3.63) is 51.9 Å². The number of rotatable bonds is 4. The van der Waals surface area contributed by atoms with E-state index in [-0.39, 0.29) is 0 Å². The van der Waals surface area contributed by atoms with Gasteiger partial charge in [0, 0.05) is 41.2 Å². The Bertz CT molecular complexity index is 514. The van der Waals surface area contributed by atoms with Crippen LogP contribution in [0.2, 0.25) is 0 Å². The zero-order valence-corrected chi connectivity index (χ0v) is 12.5. The smallest absolute Gasteiger partial charge is 0.0500 e. The van der Waals surface area contributed by atoms with Crippen molar-refractivity contribution in [3.63, 3.8) is 0 Å². The number of nitrogen functional groups attached to an aromatic ring is 1. The van der Waals surface area contributed by atoms with Gasteiger partial charge in [0.1, 0.15) is 0 Å². The Labute approximate surface area is 121 Å². The number of nitrogens with zero attached hydrogens (tertiary/aromatic N) is 2. The number of likely N-dealkylation sites (N-methyl/N-ethyl adjacent to an activating group) is 1. The molecule has 0 bridgehead atoms. The number of hydrogen-bond acceptors (Lipinski definition) is 3. The van der Waals surface area contributed by atoms with Crippen LogP contribution >= 0.6 is 22.6 Å². The lowest BCUT2D eigenvalue weighted by Crippen LogP contribution is -2.21. The predicted molar refractivity (Wildman–Crippen MR) is 84.8 cm³/mol. The van der Waals surface area contributed by atoms with Gasteiger partial charge < -0.3 is 10.6 Å². The second-order valence-electron chi connectivity index (χ2n) is 4.20. The molecule has 0 saturated carbocycles. The summed E-state index contributed by atoms with van der Waals surface area (Å²) in [5.74, 6) is 0. The molecule has 0 radical (unpaired) electrons. The fourth-order valence-corrected chi connectivity index (χ4v) is 2.73. The first-order valence-electron chi connectivity index (χ1n) is 5.83. The van der Waals surface area contributed by atoms with E-state index >= 15 is 0 Å². The Balaban J connectivity index is 2.01. The molecule has 94 valence electrons. The Morgan fingerprint density at radius 1 is 1.28 bits per heavy atom. The number of nitrogens with two attached hydrogens (primary N) is 1. The van der Waals surface area contributed by atoms with E-state index in [1.165, 1.54) is 9.26 Å². The third-order valence-corrected chi connectivity index (χ3v) is 3.68. The Morgan fingerprint density at radius 3 is 2.78 bits per heavy atom. The molecule has 2 N–H and O–H groups in total. The number of pyridine rings is 1. The molecule has 2 aromatic rings. The number of aromatic nitrogens is 1. The summed E-state index contributed by atoms with van der Waals surface area (Å²) in [4.78, 5) is 6.56. The van der Waals surface area contributed by atoms with Gasteiger partial charge in [-0.3, -0.25) is 4.98 Å². The molecule has 0 amide bonds. The standard InChI is InChI=1S/C14H16IN3/c1-18(9-7-12-4-2-3-8-17-12)14-6-5-11(16)10-13(14)15/h2-6,8,10H,7,9,16H2,1H3. The highest BCUT2D eigenvalue weighted by atomic mass is 127. The van der Waals surface area contributed by atoms with Gasteiger partial charge in [0.25, 0.3) is 0 Å². The van der Waals surface area contributed by atoms with Gasteiger partial charge in [-0.1, -0.05) is 6.07 Å². The minimum Gasteiger partial charge on any atom is -0.399 e. The molecule has 0 aliphatic carbocycles. The van der Waals surface area contributed by atoms with Gasteiger partial charge in [-0.25, -0.2) is 0 Å². The van der Waals surface area contributed by atoms with Crippen LogP contribution in [0.25, 0.3) is 0 Å². The van der Waals surface area contributed by atoms with E-state index in [2.05, 4.69) is 51.7 Å². The van der Waals surface area contributed by atoms with Gasteiger partial charge >= 0.3 is 0 Å². The van der Waals surface area contributed by atoms with Gasteiger partial charge in [-0.15, -0.1) is 0 Å². The minimum atomic E-state index is 0.807. The SMILES string of the molecule is CN(CCc1ccccn1)c1ccc(N)cc1I. The quantitative estimate of drug-likeness (QED) is 0.679. The van der Waals surface area contributed by atoms with Gasteiger partial charge in [0.05, 0.1) is 5.69 Å². The normalized spacial score (nSPS) is 10.3. The maximum Gasteiger partial charge on any atom is 0.0500 e. The molecule has 4 heteroatoms. The molecule has 0 atom stereocenters. The van der Waals surface area contributed by atoms with E-state index in [0.29, 0.717) is 0 Å². The first-order valence-corrected chi connectivity index (χ1v) is 6.91. The molecule has 2 rings (SSSR count). The average molecular weight is 353 g/mol. The molecule has 0 aliphatic heterocycles. The molecule has 0 saturated heterocycles. The fourth-order valence-electron chi connectivity index (χ4n) is 1.78. The van der Waals surface area contributed by atoms with Gasteiger partial charge in [0.15, 0.2) is 0 Å². The van der Waals surface area contributed by atoms with Crippen LogP contribution in [-0.4, -0.2) is 18.6 Å². The van der Waals surface area contributed by atoms with Crippen LogP contribution in [0.4, 0.5) is 11.4 Å². The van der Waals surface area contributed by atoms with Crippen LogP contribution < -0.4 is 10.6 Å². The zero-order chi connectivity index (χ0) is 13.0. The number of hydrogen-bond donors (Lipinski definition) is 1. The maximum atomic E-state index is 5.76. The summed E-state index contributed by atoms with van der Waals surface area (Å²) in [6.07, 6.45) is 2.78. The fraction of sp³-hybridized carbons (Fsp3) is 0.214. The lowest BCUT2D eigenvalue weighted by molar-refractivity contribution is 0.851. The topological polar surface area (TPSA) is 42.2 Å². The Kier molecular flexibility index (Phi) is 4.41. The van der Waals surface area contributed by atoms with Crippen molar-refractivity contribution >= 4 is 34.0 Å². The second kappa shape index (κ2) is 6.04. The van der Waals surface area contributed by atoms with Gasteiger partial charge in [-0.05, 0) is 52.9 Å². The first kappa shape index (κ1) is 13.1. The van der Waals surface area contributed by atoms with Gasteiger partial charge in [-0.2, -0.15) is 0 Å². The summed E-state index contributed by atoms with van der Waals surface area (Å²) in [6, 6.07) is 12.0. The van der Waals surface area contributed by atoms with E-state index in [1.807, 2.05) is 30.5 Å². The highest BCUT2D eigenvalue weighted by Gasteiger charge is 2.06. The van der Waals surface area contributed by atoms with E-state index in [9.17, 15) is 0 Å². The lowest BCUT2D eigenvalue weighted by atomic mass is 10.2. The minimum absolute atomic E-state index is 0.807. The van der Waals surface area contributed by atoms with E-state index in [1.54, 1.807) is 0 Å². The molecule has 1 heterocycles. The summed E-state index contributed by atoms with van der Waals surface area (Å²) in [5, 5.41) is 0. The zero-order valence-electron chi connectivity index (χ0n) is 10.3. The van der Waals surface area contributed by atoms with Crippen molar-refractivity contribution in [1.29, 1.82) is 0 Å². The summed E-state index contributed by atoms with van der Waals surface area (Å²) < 4.78 is 1.18. The maximum absolute atomic E-state index is 5.76. The molecule has 0 fully saturated rings. The van der Waals surface area contributed by atoms with E-state index in [4.69, 9.17) is 5.73 Å². The largest absolute Gasteiger partial charge is 0.399 e. The summed E-state index contributed by atoms with van der Waals surface area (Å²) in [6.45, 7) is 0.941. The molecule has 1 aromatic heterocycles. The van der Waals surface area contributed by atoms with Crippen molar-refractivity contribution in [2.45, 2.75) is 6.42 Å². The van der Waals surface area contributed by atoms with Crippen LogP contribution in [0, 0.1) is 3.57 Å². The lowest BCUT2D eigenvalue weighted by Gasteiger charge is -2.20. The van der Waals surface area contributed by atoms with E-state index < -0.39 is 0 Å². The second-order valence-corrected chi connectivity index (χ2v) is 5.37. The van der Waals surface area contributed by atoms with Crippen molar-refractivity contribution in [2.75, 3.05) is 24.2 Å². The molecule has 3 nitrogen and oxygen atoms in total. The number of halogens is 1. The van der Waals surface area contributed by atoms with Crippen molar-refractivity contribution in [3.8, 4) is 0 Å². The van der Waals surface area contributed by atoms with Crippen molar-refractivity contribution < 1.29 is 0 Å². The molecule has 0 spiro atoms. The molecule has 1 aromatic carbocycles. The summed E-state index contributed by atoms with van der Waals surface area (Å²) >= 11 is 2.32. The average Bonchev–Trinajstić information content (AvgIpc) is 2.37. The molecule has 0 unspecified atom stereocenters. The van der Waals surface area contributed by atoms with Crippen LogP contribution in [0.15, 0.2) is 42.6 Å². The monoisotopic (exact) mass is 353 g/mol. The van der Waals surface area contributed by atoms with Crippen LogP contribution in [0.1, 0.15) is 5.69 Å². The van der Waals surface area contributed by atoms with E-state index in [0.717, 1.165) is 24.3 Å². The molecule has 18 heavy (non-hydrogen) atoms. The van der Waals surface area contributed by atoms with Crippen molar-refractivity contribution in [2.24, 2.45) is 0 Å².